The number of rotatable bonds is 1. The smallest absolute Gasteiger partial charge is 0.282 e. The van der Waals surface area contributed by atoms with Crippen molar-refractivity contribution in [2.75, 3.05) is 5.73 Å². The highest BCUT2D eigenvalue weighted by molar-refractivity contribution is 5.77. The monoisotopic (exact) mass is 230 g/mol. The van der Waals surface area contributed by atoms with Crippen molar-refractivity contribution in [3.63, 3.8) is 0 Å². The van der Waals surface area contributed by atoms with E-state index in [1.807, 2.05) is 4.57 Å². The summed E-state index contributed by atoms with van der Waals surface area (Å²) in [6.45, 7) is 0. The van der Waals surface area contributed by atoms with Gasteiger partial charge in [-0.1, -0.05) is 12.8 Å². The molecule has 88 valence electrons. The van der Waals surface area contributed by atoms with Gasteiger partial charge in [-0.2, -0.15) is 4.98 Å². The van der Waals surface area contributed by atoms with Crippen LogP contribution in [0.5, 0.6) is 0 Å². The molecular weight excluding hydrogens is 216 g/mol. The van der Waals surface area contributed by atoms with Crippen LogP contribution in [0.3, 0.4) is 0 Å². The van der Waals surface area contributed by atoms with Gasteiger partial charge in [0.05, 0.1) is 17.3 Å². The van der Waals surface area contributed by atoms with Gasteiger partial charge in [-0.15, -0.1) is 0 Å². The molecule has 2 heterocycles. The number of hydrogen-bond donors (Lipinski definition) is 1. The van der Waals surface area contributed by atoms with E-state index in [0.29, 0.717) is 22.8 Å². The Balaban J connectivity index is 2.25. The molecule has 1 aliphatic rings. The number of fused-ring (bicyclic) bond motifs is 1. The van der Waals surface area contributed by atoms with E-state index in [-0.39, 0.29) is 5.56 Å². The average molecular weight is 230 g/mol. The molecule has 2 aromatic rings. The lowest BCUT2D eigenvalue weighted by Gasteiger charge is -2.15. The highest BCUT2D eigenvalue weighted by Gasteiger charge is 2.19. The predicted octanol–water partition coefficient (Wildman–Crippen LogP) is 1.49. The van der Waals surface area contributed by atoms with Crippen molar-refractivity contribution in [1.29, 1.82) is 0 Å². The van der Waals surface area contributed by atoms with Crippen LogP contribution < -0.4 is 11.3 Å². The molecule has 1 aliphatic carbocycles. The molecule has 0 unspecified atom stereocenters. The first-order chi connectivity index (χ1) is 8.25. The summed E-state index contributed by atoms with van der Waals surface area (Å²) in [6.07, 6.45) is 7.93. The summed E-state index contributed by atoms with van der Waals surface area (Å²) in [4.78, 5) is 19.9. The number of nitrogens with two attached hydrogens (primary N) is 1. The summed E-state index contributed by atoms with van der Waals surface area (Å²) in [6, 6.07) is 2.07. The summed E-state index contributed by atoms with van der Waals surface area (Å²) in [5.74, 6) is 0. The Morgan fingerprint density at radius 1 is 1.29 bits per heavy atom. The maximum Gasteiger partial charge on any atom is 0.282 e. The Bertz CT molecular complexity index is 613. The molecule has 0 spiro atoms. The lowest BCUT2D eigenvalue weighted by Crippen LogP contribution is -2.16. The molecule has 2 N–H and O–H groups in total. The molecule has 2 aromatic heterocycles. The molecular formula is C12H14N4O. The number of hydrogen-bond acceptors (Lipinski definition) is 4. The summed E-state index contributed by atoms with van der Waals surface area (Å²) in [5.41, 5.74) is 6.60. The van der Waals surface area contributed by atoms with Crippen LogP contribution >= 0.6 is 0 Å². The highest BCUT2D eigenvalue weighted by Crippen LogP contribution is 2.30. The first-order valence-electron chi connectivity index (χ1n) is 5.88. The normalized spacial score (nSPS) is 16.7. The first kappa shape index (κ1) is 10.3. The zero-order chi connectivity index (χ0) is 11.8. The maximum atomic E-state index is 11.7. The van der Waals surface area contributed by atoms with Gasteiger partial charge in [0.1, 0.15) is 12.0 Å². The molecule has 0 saturated heterocycles. The number of pyridine rings is 1. The average Bonchev–Trinajstić information content (AvgIpc) is 2.84. The van der Waals surface area contributed by atoms with E-state index in [4.69, 9.17) is 5.73 Å². The molecule has 5 nitrogen and oxygen atoms in total. The standard InChI is InChI=1S/C12H14N4O/c13-8-5-10-11(14-6-8)16(7-15-12(10)17)9-3-1-2-4-9/h5-7,9H,1-4,13H2. The first-order valence-corrected chi connectivity index (χ1v) is 5.88. The second-order valence-electron chi connectivity index (χ2n) is 4.54. The summed E-state index contributed by atoms with van der Waals surface area (Å²) < 4.78 is 2.02. The molecule has 0 aliphatic heterocycles. The minimum absolute atomic E-state index is 0.256. The number of aromatic nitrogens is 3. The largest absolute Gasteiger partial charge is 0.397 e. The van der Waals surface area contributed by atoms with Crippen molar-refractivity contribution in [3.05, 3.63) is 28.9 Å². The number of nitrogens with zero attached hydrogens (tertiary/aromatic N) is 3. The number of nitrogen functional groups attached to an aromatic ring is 1. The maximum absolute atomic E-state index is 11.7. The van der Waals surface area contributed by atoms with E-state index < -0.39 is 0 Å². The third-order valence-corrected chi connectivity index (χ3v) is 3.38. The quantitative estimate of drug-likeness (QED) is 0.805. The minimum Gasteiger partial charge on any atom is -0.397 e. The Labute approximate surface area is 98.3 Å². The minimum atomic E-state index is -0.256. The van der Waals surface area contributed by atoms with Gasteiger partial charge < -0.3 is 10.3 Å². The van der Waals surface area contributed by atoms with Crippen LogP contribution in [0.1, 0.15) is 31.7 Å². The molecule has 1 fully saturated rings. The molecule has 0 aromatic carbocycles. The Morgan fingerprint density at radius 2 is 2.06 bits per heavy atom. The molecule has 1 saturated carbocycles. The molecule has 17 heavy (non-hydrogen) atoms. The molecule has 5 heteroatoms. The topological polar surface area (TPSA) is 73.8 Å². The molecule has 0 radical (unpaired) electrons. The molecule has 0 bridgehead atoms. The van der Waals surface area contributed by atoms with Crippen LogP contribution in [-0.4, -0.2) is 14.5 Å². The second kappa shape index (κ2) is 3.84. The third-order valence-electron chi connectivity index (χ3n) is 3.38. The van der Waals surface area contributed by atoms with Crippen molar-refractivity contribution in [2.24, 2.45) is 0 Å². The van der Waals surface area contributed by atoms with E-state index in [9.17, 15) is 4.79 Å². The van der Waals surface area contributed by atoms with Crippen LogP contribution in [0.25, 0.3) is 11.0 Å². The fourth-order valence-electron chi connectivity index (χ4n) is 2.53. The number of anilines is 1. The van der Waals surface area contributed by atoms with Gasteiger partial charge in [0.2, 0.25) is 0 Å². The van der Waals surface area contributed by atoms with Gasteiger partial charge >= 0.3 is 0 Å². The van der Waals surface area contributed by atoms with Gasteiger partial charge in [-0.25, -0.2) is 4.98 Å². The summed E-state index contributed by atoms with van der Waals surface area (Å²) in [5, 5.41) is 0.513. The van der Waals surface area contributed by atoms with E-state index in [2.05, 4.69) is 9.97 Å². The zero-order valence-electron chi connectivity index (χ0n) is 9.47. The van der Waals surface area contributed by atoms with Crippen molar-refractivity contribution in [3.8, 4) is 0 Å². The predicted molar refractivity (Wildman–Crippen MR) is 65.7 cm³/mol. The zero-order valence-corrected chi connectivity index (χ0v) is 9.47. The van der Waals surface area contributed by atoms with Crippen molar-refractivity contribution >= 4 is 16.7 Å². The summed E-state index contributed by atoms with van der Waals surface area (Å²) in [7, 11) is 0. The lowest BCUT2D eigenvalue weighted by atomic mass is 10.2. The third kappa shape index (κ3) is 1.67. The van der Waals surface area contributed by atoms with Crippen LogP contribution in [0.2, 0.25) is 0 Å². The SMILES string of the molecule is Nc1cnc2c(c1)c(=O)ncn2C1CCCC1. The Hall–Kier alpha value is -1.91. The van der Waals surface area contributed by atoms with Crippen molar-refractivity contribution < 1.29 is 0 Å². The van der Waals surface area contributed by atoms with Gasteiger partial charge in [0.15, 0.2) is 0 Å². The van der Waals surface area contributed by atoms with Gasteiger partial charge in [-0.3, -0.25) is 4.79 Å². The molecule has 3 rings (SSSR count). The van der Waals surface area contributed by atoms with E-state index in [1.54, 1.807) is 18.6 Å². The van der Waals surface area contributed by atoms with E-state index in [1.165, 1.54) is 12.8 Å². The van der Waals surface area contributed by atoms with Gasteiger partial charge in [0, 0.05) is 6.04 Å². The molecule has 0 amide bonds. The fourth-order valence-corrected chi connectivity index (χ4v) is 2.53. The lowest BCUT2D eigenvalue weighted by molar-refractivity contribution is 0.521. The van der Waals surface area contributed by atoms with Crippen LogP contribution in [-0.2, 0) is 0 Å². The van der Waals surface area contributed by atoms with E-state index in [0.717, 1.165) is 12.8 Å². The van der Waals surface area contributed by atoms with Crippen molar-refractivity contribution in [2.45, 2.75) is 31.7 Å². The highest BCUT2D eigenvalue weighted by atomic mass is 16.1. The van der Waals surface area contributed by atoms with Crippen LogP contribution in [0.15, 0.2) is 23.4 Å². The molecule has 0 atom stereocenters. The Kier molecular flexibility index (Phi) is 2.31. The van der Waals surface area contributed by atoms with Gasteiger partial charge in [-0.05, 0) is 18.9 Å². The van der Waals surface area contributed by atoms with E-state index >= 15 is 0 Å². The summed E-state index contributed by atoms with van der Waals surface area (Å²) >= 11 is 0. The van der Waals surface area contributed by atoms with Crippen LogP contribution in [0, 0.1) is 0 Å². The second-order valence-corrected chi connectivity index (χ2v) is 4.54. The fraction of sp³-hybridized carbons (Fsp3) is 0.417. The Morgan fingerprint density at radius 3 is 2.82 bits per heavy atom. The van der Waals surface area contributed by atoms with Gasteiger partial charge in [0.25, 0.3) is 5.56 Å². The van der Waals surface area contributed by atoms with Crippen LogP contribution in [0.4, 0.5) is 5.69 Å². The van der Waals surface area contributed by atoms with Crippen molar-refractivity contribution in [1.82, 2.24) is 14.5 Å².